The average molecular weight is 259 g/mol. The van der Waals surface area contributed by atoms with Gasteiger partial charge in [0, 0.05) is 0 Å². The molecule has 0 aliphatic heterocycles. The highest BCUT2D eigenvalue weighted by Gasteiger charge is 2.30. The van der Waals surface area contributed by atoms with Crippen molar-refractivity contribution in [2.75, 3.05) is 0 Å². The monoisotopic (exact) mass is 258 g/mol. The lowest BCUT2D eigenvalue weighted by Crippen LogP contribution is -2.28. The number of rotatable bonds is 11. The van der Waals surface area contributed by atoms with E-state index in [1.165, 1.54) is 51.4 Å². The van der Waals surface area contributed by atoms with Crippen LogP contribution in [0.15, 0.2) is 12.7 Å². The van der Waals surface area contributed by atoms with Gasteiger partial charge >= 0.3 is 0 Å². The van der Waals surface area contributed by atoms with E-state index in [0.29, 0.717) is 5.92 Å². The molecule has 0 nitrogen and oxygen atoms in total. The topological polar surface area (TPSA) is 0 Å². The molecule has 0 fully saturated rings. The number of allylic oxidation sites excluding steroid dienone is 1. The second kappa shape index (κ2) is 10.00. The molecule has 0 N–H and O–H groups in total. The Kier molecular flexibility index (Phi) is 10.0. The van der Waals surface area contributed by atoms with Crippen molar-refractivity contribution in [2.45, 2.75) is 83.4 Å². The van der Waals surface area contributed by atoms with E-state index in [1.807, 2.05) is 6.08 Å². The molecule has 1 heteroatoms. The molecule has 0 saturated carbocycles. The largest absolute Gasteiger partial charge is 0.114 e. The van der Waals surface area contributed by atoms with Crippen molar-refractivity contribution in [3.8, 4) is 0 Å². The zero-order valence-corrected chi connectivity index (χ0v) is 12.9. The predicted molar refractivity (Wildman–Crippen MR) is 80.8 cm³/mol. The predicted octanol–water partition coefficient (Wildman–Crippen LogP) is 6.34. The molecule has 0 aromatic heterocycles. The fourth-order valence-electron chi connectivity index (χ4n) is 2.55. The summed E-state index contributed by atoms with van der Waals surface area (Å²) in [6, 6.07) is 0. The molecule has 0 aromatic rings. The number of hydrogen-bond acceptors (Lipinski definition) is 0. The molecule has 0 saturated heterocycles. The van der Waals surface area contributed by atoms with Crippen LogP contribution in [0.2, 0.25) is 0 Å². The fraction of sp³-hybridized carbons (Fsp3) is 0.875. The molecule has 0 aromatic carbocycles. The maximum Gasteiger partial charge on any atom is 0.0648 e. The van der Waals surface area contributed by atoms with Gasteiger partial charge in [-0.25, -0.2) is 0 Å². The molecule has 0 spiro atoms. The Hall–Kier alpha value is 0.0300. The molecule has 17 heavy (non-hydrogen) atoms. The van der Waals surface area contributed by atoms with E-state index in [9.17, 15) is 0 Å². The first-order chi connectivity index (χ1) is 8.14. The van der Waals surface area contributed by atoms with Crippen LogP contribution < -0.4 is 0 Å². The Morgan fingerprint density at radius 3 is 2.12 bits per heavy atom. The highest BCUT2D eigenvalue weighted by atomic mass is 35.5. The normalized spacial score (nSPS) is 16.5. The van der Waals surface area contributed by atoms with Crippen molar-refractivity contribution >= 4 is 11.6 Å². The molecule has 0 aliphatic carbocycles. The van der Waals surface area contributed by atoms with Crippen LogP contribution in [0, 0.1) is 5.92 Å². The van der Waals surface area contributed by atoms with Gasteiger partial charge in [-0.3, -0.25) is 0 Å². The molecule has 0 amide bonds. The summed E-state index contributed by atoms with van der Waals surface area (Å²) >= 11 is 6.62. The number of halogens is 1. The van der Waals surface area contributed by atoms with Crippen molar-refractivity contribution in [1.29, 1.82) is 0 Å². The van der Waals surface area contributed by atoms with Gasteiger partial charge in [-0.05, 0) is 18.8 Å². The van der Waals surface area contributed by atoms with Crippen LogP contribution in [-0.2, 0) is 0 Å². The molecule has 0 aliphatic rings. The molecular weight excluding hydrogens is 228 g/mol. The molecule has 0 bridgehead atoms. The molecule has 2 atom stereocenters. The lowest BCUT2D eigenvalue weighted by molar-refractivity contribution is 0.360. The quantitative estimate of drug-likeness (QED) is 0.231. The summed E-state index contributed by atoms with van der Waals surface area (Å²) in [6.07, 6.45) is 13.6. The van der Waals surface area contributed by atoms with Crippen LogP contribution in [-0.4, -0.2) is 4.87 Å². The molecule has 0 radical (unpaired) electrons. The van der Waals surface area contributed by atoms with Crippen molar-refractivity contribution in [3.05, 3.63) is 12.7 Å². The Morgan fingerprint density at radius 1 is 1.06 bits per heavy atom. The summed E-state index contributed by atoms with van der Waals surface area (Å²) in [5, 5.41) is 0. The average Bonchev–Trinajstić information content (AvgIpc) is 2.37. The standard InChI is InChI=1S/C16H31Cl/c1-5-9-10-11-12-13-14-15(6-2)16(17,7-3)8-4/h7,15H,3,5-6,8-14H2,1-2,4H3. The summed E-state index contributed by atoms with van der Waals surface area (Å²) in [7, 11) is 0. The van der Waals surface area contributed by atoms with Crippen LogP contribution in [0.5, 0.6) is 0 Å². The molecular formula is C16H31Cl. The third-order valence-corrected chi connectivity index (χ3v) is 4.69. The maximum atomic E-state index is 6.62. The summed E-state index contributed by atoms with van der Waals surface area (Å²) in [5.74, 6) is 0.595. The third kappa shape index (κ3) is 6.50. The van der Waals surface area contributed by atoms with Crippen molar-refractivity contribution in [1.82, 2.24) is 0 Å². The summed E-state index contributed by atoms with van der Waals surface area (Å²) in [5.41, 5.74) is 0. The van der Waals surface area contributed by atoms with Crippen LogP contribution >= 0.6 is 11.6 Å². The van der Waals surface area contributed by atoms with Gasteiger partial charge in [0.15, 0.2) is 0 Å². The minimum absolute atomic E-state index is 0.168. The lowest BCUT2D eigenvalue weighted by atomic mass is 9.83. The van der Waals surface area contributed by atoms with Gasteiger partial charge in [0.1, 0.15) is 0 Å². The van der Waals surface area contributed by atoms with Gasteiger partial charge in [0.25, 0.3) is 0 Å². The first kappa shape index (κ1) is 17.0. The molecule has 0 rings (SSSR count). The van der Waals surface area contributed by atoms with Gasteiger partial charge < -0.3 is 0 Å². The van der Waals surface area contributed by atoms with Gasteiger partial charge in [-0.1, -0.05) is 71.8 Å². The number of hydrogen-bond donors (Lipinski definition) is 0. The third-order valence-electron chi connectivity index (χ3n) is 3.96. The second-order valence-corrected chi connectivity index (χ2v) is 5.85. The van der Waals surface area contributed by atoms with Crippen LogP contribution in [0.3, 0.4) is 0 Å². The van der Waals surface area contributed by atoms with Gasteiger partial charge in [0.05, 0.1) is 4.87 Å². The Balaban J connectivity index is 3.86. The van der Waals surface area contributed by atoms with Crippen LogP contribution in [0.1, 0.15) is 78.6 Å². The SMILES string of the molecule is C=CC(Cl)(CC)C(CC)CCCCCCCC. The van der Waals surface area contributed by atoms with E-state index >= 15 is 0 Å². The van der Waals surface area contributed by atoms with Gasteiger partial charge in [-0.15, -0.1) is 18.2 Å². The van der Waals surface area contributed by atoms with E-state index in [0.717, 1.165) is 6.42 Å². The zero-order valence-electron chi connectivity index (χ0n) is 12.1. The highest BCUT2D eigenvalue weighted by Crippen LogP contribution is 2.36. The Labute approximate surface area is 114 Å². The molecule has 2 unspecified atom stereocenters. The number of unbranched alkanes of at least 4 members (excludes halogenated alkanes) is 5. The zero-order chi connectivity index (χ0) is 13.1. The van der Waals surface area contributed by atoms with E-state index in [2.05, 4.69) is 27.4 Å². The molecule has 0 heterocycles. The highest BCUT2D eigenvalue weighted by molar-refractivity contribution is 6.25. The van der Waals surface area contributed by atoms with E-state index in [1.54, 1.807) is 0 Å². The van der Waals surface area contributed by atoms with E-state index in [-0.39, 0.29) is 4.87 Å². The van der Waals surface area contributed by atoms with Crippen LogP contribution in [0.25, 0.3) is 0 Å². The van der Waals surface area contributed by atoms with Gasteiger partial charge in [0.2, 0.25) is 0 Å². The minimum Gasteiger partial charge on any atom is -0.114 e. The van der Waals surface area contributed by atoms with Crippen molar-refractivity contribution in [2.24, 2.45) is 5.92 Å². The second-order valence-electron chi connectivity index (χ2n) is 5.15. The lowest BCUT2D eigenvalue weighted by Gasteiger charge is -2.31. The van der Waals surface area contributed by atoms with Gasteiger partial charge in [-0.2, -0.15) is 0 Å². The Morgan fingerprint density at radius 2 is 1.65 bits per heavy atom. The fourth-order valence-corrected chi connectivity index (χ4v) is 2.82. The smallest absolute Gasteiger partial charge is 0.0648 e. The molecule has 102 valence electrons. The first-order valence-corrected chi connectivity index (χ1v) is 7.84. The first-order valence-electron chi connectivity index (χ1n) is 7.47. The van der Waals surface area contributed by atoms with E-state index < -0.39 is 0 Å². The minimum atomic E-state index is -0.168. The Bertz CT molecular complexity index is 188. The number of alkyl halides is 1. The maximum absolute atomic E-state index is 6.62. The summed E-state index contributed by atoms with van der Waals surface area (Å²) in [6.45, 7) is 10.6. The van der Waals surface area contributed by atoms with E-state index in [4.69, 9.17) is 11.6 Å². The van der Waals surface area contributed by atoms with Crippen LogP contribution in [0.4, 0.5) is 0 Å². The summed E-state index contributed by atoms with van der Waals surface area (Å²) < 4.78 is 0. The van der Waals surface area contributed by atoms with Crippen molar-refractivity contribution < 1.29 is 0 Å². The van der Waals surface area contributed by atoms with Crippen molar-refractivity contribution in [3.63, 3.8) is 0 Å². The summed E-state index contributed by atoms with van der Waals surface area (Å²) in [4.78, 5) is -0.168.